The lowest BCUT2D eigenvalue weighted by atomic mass is 9.95. The van der Waals surface area contributed by atoms with Crippen LogP contribution in [-0.4, -0.2) is 34.4 Å². The van der Waals surface area contributed by atoms with Crippen molar-refractivity contribution >= 4 is 5.91 Å². The van der Waals surface area contributed by atoms with E-state index in [1.165, 1.54) is 19.2 Å². The van der Waals surface area contributed by atoms with Crippen molar-refractivity contribution in [1.82, 2.24) is 10.3 Å². The van der Waals surface area contributed by atoms with E-state index < -0.39 is 17.0 Å². The highest BCUT2D eigenvalue weighted by Crippen LogP contribution is 2.18. The second kappa shape index (κ2) is 8.72. The van der Waals surface area contributed by atoms with Crippen LogP contribution in [-0.2, 0) is 0 Å². The summed E-state index contributed by atoms with van der Waals surface area (Å²) < 4.78 is 0. The lowest BCUT2D eigenvalue weighted by molar-refractivity contribution is -0.508. The van der Waals surface area contributed by atoms with Gasteiger partial charge in [0.1, 0.15) is 6.04 Å². The van der Waals surface area contributed by atoms with Crippen molar-refractivity contribution in [3.8, 4) is 0 Å². The molecule has 0 saturated heterocycles. The Balaban J connectivity index is 2.79. The van der Waals surface area contributed by atoms with Crippen molar-refractivity contribution < 1.29 is 9.72 Å². The minimum absolute atomic E-state index is 0.0299. The fourth-order valence-electron chi connectivity index (χ4n) is 2.08. The highest BCUT2D eigenvalue weighted by atomic mass is 16.6. The van der Waals surface area contributed by atoms with E-state index in [0.717, 1.165) is 0 Å². The molecule has 0 saturated carbocycles. The number of hydrogen-bond acceptors (Lipinski definition) is 6. The Morgan fingerprint density at radius 1 is 1.48 bits per heavy atom. The summed E-state index contributed by atoms with van der Waals surface area (Å²) in [6.07, 6.45) is 4.42. The first-order chi connectivity index (χ1) is 10.9. The number of rotatable bonds is 8. The van der Waals surface area contributed by atoms with Crippen LogP contribution in [0.15, 0.2) is 41.4 Å². The summed E-state index contributed by atoms with van der Waals surface area (Å²) in [5.74, 6) is -0.484. The van der Waals surface area contributed by atoms with Crippen molar-refractivity contribution in [3.05, 3.63) is 56.8 Å². The zero-order valence-electron chi connectivity index (χ0n) is 13.3. The summed E-state index contributed by atoms with van der Waals surface area (Å²) in [6, 6.07) is 1.44. The Labute approximate surface area is 134 Å². The topological polar surface area (TPSA) is 115 Å². The second-order valence-corrected chi connectivity index (χ2v) is 5.41. The third-order valence-corrected chi connectivity index (χ3v) is 3.38. The van der Waals surface area contributed by atoms with Gasteiger partial charge in [0, 0.05) is 36.4 Å². The third kappa shape index (κ3) is 5.57. The van der Waals surface area contributed by atoms with Gasteiger partial charge in [0.2, 0.25) is 6.04 Å². The number of amides is 1. The fraction of sp³-hybridized carbons (Fsp3) is 0.467. The molecule has 8 heteroatoms. The Bertz CT molecular complexity index is 586. The maximum Gasteiger partial charge on any atom is 0.252 e. The van der Waals surface area contributed by atoms with E-state index in [1.807, 2.05) is 13.8 Å². The predicted octanol–water partition coefficient (Wildman–Crippen LogP) is 2.19. The quantitative estimate of drug-likeness (QED) is 0.341. The van der Waals surface area contributed by atoms with Gasteiger partial charge >= 0.3 is 0 Å². The summed E-state index contributed by atoms with van der Waals surface area (Å²) in [7, 11) is 0. The van der Waals surface area contributed by atoms with Crippen LogP contribution in [0, 0.1) is 20.9 Å². The molecule has 2 unspecified atom stereocenters. The van der Waals surface area contributed by atoms with Crippen molar-refractivity contribution in [3.63, 3.8) is 0 Å². The van der Waals surface area contributed by atoms with E-state index in [9.17, 15) is 19.8 Å². The molecule has 1 rings (SSSR count). The largest absolute Gasteiger partial charge is 0.349 e. The molecule has 1 heterocycles. The normalized spacial score (nSPS) is 14.2. The minimum atomic E-state index is -0.909. The van der Waals surface area contributed by atoms with Crippen LogP contribution in [0.25, 0.3) is 0 Å². The van der Waals surface area contributed by atoms with E-state index in [1.54, 1.807) is 18.3 Å². The fourth-order valence-corrected chi connectivity index (χ4v) is 2.08. The van der Waals surface area contributed by atoms with Crippen LogP contribution in [0.2, 0.25) is 0 Å². The van der Waals surface area contributed by atoms with Crippen LogP contribution in [0.4, 0.5) is 0 Å². The second-order valence-electron chi connectivity index (χ2n) is 5.41. The number of nitrogens with zero attached hydrogens (tertiary/aromatic N) is 3. The van der Waals surface area contributed by atoms with Crippen LogP contribution < -0.4 is 5.32 Å². The number of nitroso groups, excluding NO2 is 1. The highest BCUT2D eigenvalue weighted by molar-refractivity contribution is 5.93. The Morgan fingerprint density at radius 3 is 2.65 bits per heavy atom. The minimum Gasteiger partial charge on any atom is -0.349 e. The Hall–Kier alpha value is -2.64. The molecular formula is C15H20N4O4. The first-order valence-electron chi connectivity index (χ1n) is 7.22. The number of pyridine rings is 1. The number of nitrogens with one attached hydrogen (secondary N) is 1. The SMILES string of the molecule is CC(C)C(=CC(CNC(=O)c1cccnc1)N=O)C(C)[N+](=O)[O-]. The molecule has 1 amide bonds. The van der Waals surface area contributed by atoms with Gasteiger partial charge < -0.3 is 5.32 Å². The molecule has 1 aromatic heterocycles. The van der Waals surface area contributed by atoms with Gasteiger partial charge in [-0.15, -0.1) is 0 Å². The van der Waals surface area contributed by atoms with Gasteiger partial charge in [0.25, 0.3) is 5.91 Å². The summed E-state index contributed by atoms with van der Waals surface area (Å²) in [5, 5.41) is 16.5. The molecule has 1 N–H and O–H groups in total. The standard InChI is InChI=1S/C15H20N4O4/c1-10(2)14(11(3)19(22)23)7-13(18-21)9-17-15(20)12-5-4-6-16-8-12/h4-8,10-11,13H,9H2,1-3H3,(H,17,20). The van der Waals surface area contributed by atoms with Gasteiger partial charge in [0.05, 0.1) is 5.56 Å². The molecule has 2 atom stereocenters. The molecule has 0 aromatic carbocycles. The molecular weight excluding hydrogens is 300 g/mol. The molecule has 0 aliphatic carbocycles. The molecule has 0 aliphatic rings. The zero-order chi connectivity index (χ0) is 17.4. The van der Waals surface area contributed by atoms with Gasteiger partial charge in [-0.2, -0.15) is 4.91 Å². The van der Waals surface area contributed by atoms with Crippen LogP contribution in [0.3, 0.4) is 0 Å². The maximum atomic E-state index is 11.9. The highest BCUT2D eigenvalue weighted by Gasteiger charge is 2.23. The number of aromatic nitrogens is 1. The third-order valence-electron chi connectivity index (χ3n) is 3.38. The van der Waals surface area contributed by atoms with Gasteiger partial charge in [-0.1, -0.05) is 19.0 Å². The molecule has 124 valence electrons. The molecule has 8 nitrogen and oxygen atoms in total. The molecule has 0 bridgehead atoms. The van der Waals surface area contributed by atoms with Crippen molar-refractivity contribution in [1.29, 1.82) is 0 Å². The van der Waals surface area contributed by atoms with Crippen LogP contribution in [0.5, 0.6) is 0 Å². The number of nitro groups is 1. The van der Waals surface area contributed by atoms with Crippen molar-refractivity contribution in [2.75, 3.05) is 6.54 Å². The van der Waals surface area contributed by atoms with Crippen LogP contribution in [0.1, 0.15) is 31.1 Å². The monoisotopic (exact) mass is 320 g/mol. The number of hydrogen-bond donors (Lipinski definition) is 1. The smallest absolute Gasteiger partial charge is 0.252 e. The summed E-state index contributed by atoms with van der Waals surface area (Å²) >= 11 is 0. The zero-order valence-corrected chi connectivity index (χ0v) is 13.3. The van der Waals surface area contributed by atoms with Crippen molar-refractivity contribution in [2.45, 2.75) is 32.9 Å². The van der Waals surface area contributed by atoms with Crippen molar-refractivity contribution in [2.24, 2.45) is 11.1 Å². The molecule has 0 aliphatic heterocycles. The lowest BCUT2D eigenvalue weighted by Crippen LogP contribution is -2.31. The first kappa shape index (κ1) is 18.4. The first-order valence-corrected chi connectivity index (χ1v) is 7.22. The van der Waals surface area contributed by atoms with Gasteiger partial charge in [0.15, 0.2) is 0 Å². The molecule has 23 heavy (non-hydrogen) atoms. The molecule has 0 spiro atoms. The number of carbonyl (C=O) groups excluding carboxylic acids is 1. The predicted molar refractivity (Wildman–Crippen MR) is 85.5 cm³/mol. The van der Waals surface area contributed by atoms with Gasteiger partial charge in [-0.25, -0.2) is 0 Å². The Morgan fingerprint density at radius 2 is 2.17 bits per heavy atom. The maximum absolute atomic E-state index is 11.9. The molecule has 1 aromatic rings. The summed E-state index contributed by atoms with van der Waals surface area (Å²) in [4.78, 5) is 37.2. The molecule has 0 fully saturated rings. The van der Waals surface area contributed by atoms with Gasteiger partial charge in [-0.3, -0.25) is 19.9 Å². The summed E-state index contributed by atoms with van der Waals surface area (Å²) in [5.41, 5.74) is 0.874. The van der Waals surface area contributed by atoms with E-state index >= 15 is 0 Å². The Kier molecular flexibility index (Phi) is 6.98. The molecule has 0 radical (unpaired) electrons. The van der Waals surface area contributed by atoms with E-state index in [-0.39, 0.29) is 18.4 Å². The van der Waals surface area contributed by atoms with Gasteiger partial charge in [-0.05, 0) is 24.1 Å². The van der Waals surface area contributed by atoms with Crippen LogP contribution >= 0.6 is 0 Å². The lowest BCUT2D eigenvalue weighted by Gasteiger charge is -2.15. The van der Waals surface area contributed by atoms with E-state index in [2.05, 4.69) is 15.5 Å². The van der Waals surface area contributed by atoms with E-state index in [0.29, 0.717) is 11.1 Å². The van der Waals surface area contributed by atoms with E-state index in [4.69, 9.17) is 0 Å². The average Bonchev–Trinajstić information content (AvgIpc) is 2.54. The average molecular weight is 320 g/mol. The number of carbonyl (C=O) groups is 1. The summed E-state index contributed by atoms with van der Waals surface area (Å²) in [6.45, 7) is 5.05.